The maximum absolute atomic E-state index is 13.3. The van der Waals surface area contributed by atoms with Crippen LogP contribution in [-0.2, 0) is 13.6 Å². The summed E-state index contributed by atoms with van der Waals surface area (Å²) >= 11 is 5.59. The Morgan fingerprint density at radius 1 is 1.47 bits per heavy atom. The standard InChI is InChI=1S/C10H11ClFN5/c1-6-7(4-15-17(6)2)3-13-9-8(12)5-14-10(11)16-9/h4-5H,3H2,1-2H3,(H,13,14,16). The highest BCUT2D eigenvalue weighted by atomic mass is 35.5. The first-order chi connectivity index (χ1) is 8.08. The van der Waals surface area contributed by atoms with Crippen molar-refractivity contribution in [3.05, 3.63) is 34.8 Å². The minimum atomic E-state index is -0.532. The molecule has 0 fully saturated rings. The van der Waals surface area contributed by atoms with Gasteiger partial charge in [-0.25, -0.2) is 9.37 Å². The lowest BCUT2D eigenvalue weighted by Crippen LogP contribution is -2.05. The Kier molecular flexibility index (Phi) is 3.23. The molecule has 7 heteroatoms. The summed E-state index contributed by atoms with van der Waals surface area (Å²) in [5, 5.41) is 6.96. The summed E-state index contributed by atoms with van der Waals surface area (Å²) in [5.74, 6) is -0.441. The van der Waals surface area contributed by atoms with Gasteiger partial charge in [0.15, 0.2) is 11.6 Å². The summed E-state index contributed by atoms with van der Waals surface area (Å²) in [6.07, 6.45) is 2.76. The molecule has 0 saturated carbocycles. The van der Waals surface area contributed by atoms with E-state index in [2.05, 4.69) is 20.4 Å². The maximum atomic E-state index is 13.3. The number of hydrogen-bond donors (Lipinski definition) is 1. The van der Waals surface area contributed by atoms with Crippen molar-refractivity contribution in [2.45, 2.75) is 13.5 Å². The van der Waals surface area contributed by atoms with E-state index in [0.717, 1.165) is 17.5 Å². The smallest absolute Gasteiger partial charge is 0.224 e. The van der Waals surface area contributed by atoms with Crippen molar-refractivity contribution in [1.82, 2.24) is 19.7 Å². The number of anilines is 1. The molecule has 0 spiro atoms. The van der Waals surface area contributed by atoms with Crippen LogP contribution in [0.3, 0.4) is 0 Å². The molecule has 0 aliphatic carbocycles. The number of halogens is 2. The van der Waals surface area contributed by atoms with Crippen LogP contribution >= 0.6 is 11.6 Å². The molecular weight excluding hydrogens is 245 g/mol. The van der Waals surface area contributed by atoms with Gasteiger partial charge >= 0.3 is 0 Å². The molecule has 0 saturated heterocycles. The van der Waals surface area contributed by atoms with Gasteiger partial charge in [0.1, 0.15) is 0 Å². The molecule has 0 bridgehead atoms. The molecule has 0 aliphatic heterocycles. The number of hydrogen-bond acceptors (Lipinski definition) is 4. The van der Waals surface area contributed by atoms with Gasteiger partial charge in [-0.1, -0.05) is 0 Å². The summed E-state index contributed by atoms with van der Waals surface area (Å²) in [6.45, 7) is 2.37. The monoisotopic (exact) mass is 255 g/mol. The van der Waals surface area contributed by atoms with Crippen LogP contribution < -0.4 is 5.32 Å². The third-order valence-corrected chi connectivity index (χ3v) is 2.68. The van der Waals surface area contributed by atoms with Crippen LogP contribution in [0.2, 0.25) is 5.28 Å². The second-order valence-corrected chi connectivity index (χ2v) is 3.91. The van der Waals surface area contributed by atoms with Crippen LogP contribution in [0.25, 0.3) is 0 Å². The normalized spacial score (nSPS) is 10.6. The second kappa shape index (κ2) is 4.67. The quantitative estimate of drug-likeness (QED) is 0.852. The Bertz CT molecular complexity index is 539. The number of nitrogens with zero attached hydrogens (tertiary/aromatic N) is 4. The zero-order chi connectivity index (χ0) is 12.4. The van der Waals surface area contributed by atoms with Crippen LogP contribution in [0.4, 0.5) is 10.2 Å². The van der Waals surface area contributed by atoms with Gasteiger partial charge in [0.25, 0.3) is 0 Å². The van der Waals surface area contributed by atoms with Gasteiger partial charge < -0.3 is 5.32 Å². The number of aromatic nitrogens is 4. The molecule has 0 unspecified atom stereocenters. The fourth-order valence-corrected chi connectivity index (χ4v) is 1.50. The summed E-state index contributed by atoms with van der Waals surface area (Å²) in [6, 6.07) is 0. The van der Waals surface area contributed by atoms with Crippen molar-refractivity contribution < 1.29 is 4.39 Å². The topological polar surface area (TPSA) is 55.6 Å². The van der Waals surface area contributed by atoms with Crippen LogP contribution in [0.1, 0.15) is 11.3 Å². The van der Waals surface area contributed by atoms with E-state index in [4.69, 9.17) is 11.6 Å². The first kappa shape index (κ1) is 11.8. The van der Waals surface area contributed by atoms with Gasteiger partial charge in [0.05, 0.1) is 12.4 Å². The van der Waals surface area contributed by atoms with Crippen molar-refractivity contribution >= 4 is 17.4 Å². The number of rotatable bonds is 3. The van der Waals surface area contributed by atoms with E-state index in [-0.39, 0.29) is 11.1 Å². The Balaban J connectivity index is 2.12. The molecule has 90 valence electrons. The summed E-state index contributed by atoms with van der Waals surface area (Å²) in [7, 11) is 1.85. The van der Waals surface area contributed by atoms with Gasteiger partial charge in [-0.2, -0.15) is 10.1 Å². The third-order valence-electron chi connectivity index (χ3n) is 2.50. The van der Waals surface area contributed by atoms with Crippen LogP contribution in [0, 0.1) is 12.7 Å². The average Bonchev–Trinajstić information content (AvgIpc) is 2.62. The largest absolute Gasteiger partial charge is 0.363 e. The molecule has 0 aromatic carbocycles. The molecular formula is C10H11ClFN5. The van der Waals surface area contributed by atoms with Gasteiger partial charge in [-0.15, -0.1) is 0 Å². The minimum absolute atomic E-state index is 0.0109. The Morgan fingerprint density at radius 3 is 2.88 bits per heavy atom. The summed E-state index contributed by atoms with van der Waals surface area (Å²) < 4.78 is 15.1. The van der Waals surface area contributed by atoms with E-state index < -0.39 is 5.82 Å². The SMILES string of the molecule is Cc1c(CNc2nc(Cl)ncc2F)cnn1C. The molecule has 17 heavy (non-hydrogen) atoms. The van der Waals surface area contributed by atoms with Crippen molar-refractivity contribution in [3.8, 4) is 0 Å². The molecule has 2 rings (SSSR count). The van der Waals surface area contributed by atoms with Crippen LogP contribution in [0.15, 0.2) is 12.4 Å². The molecule has 1 N–H and O–H groups in total. The van der Waals surface area contributed by atoms with E-state index in [1.807, 2.05) is 14.0 Å². The highest BCUT2D eigenvalue weighted by Gasteiger charge is 2.08. The Morgan fingerprint density at radius 2 is 2.24 bits per heavy atom. The average molecular weight is 256 g/mol. The zero-order valence-corrected chi connectivity index (χ0v) is 10.2. The second-order valence-electron chi connectivity index (χ2n) is 3.57. The van der Waals surface area contributed by atoms with E-state index in [0.29, 0.717) is 6.54 Å². The summed E-state index contributed by atoms with van der Waals surface area (Å²) in [5.41, 5.74) is 1.99. The van der Waals surface area contributed by atoms with Crippen molar-refractivity contribution in [1.29, 1.82) is 0 Å². The third kappa shape index (κ3) is 2.52. The van der Waals surface area contributed by atoms with Crippen molar-refractivity contribution in [2.24, 2.45) is 7.05 Å². The molecule has 2 aromatic rings. The van der Waals surface area contributed by atoms with E-state index in [1.165, 1.54) is 0 Å². The molecule has 0 atom stereocenters. The predicted molar refractivity (Wildman–Crippen MR) is 62.3 cm³/mol. The van der Waals surface area contributed by atoms with Gasteiger partial charge in [0, 0.05) is 24.8 Å². The van der Waals surface area contributed by atoms with E-state index >= 15 is 0 Å². The highest BCUT2D eigenvalue weighted by molar-refractivity contribution is 6.28. The minimum Gasteiger partial charge on any atom is -0.363 e. The van der Waals surface area contributed by atoms with Gasteiger partial charge in [-0.3, -0.25) is 4.68 Å². The molecule has 0 radical (unpaired) electrons. The first-order valence-electron chi connectivity index (χ1n) is 4.97. The lowest BCUT2D eigenvalue weighted by molar-refractivity contribution is 0.616. The molecule has 2 aromatic heterocycles. The maximum Gasteiger partial charge on any atom is 0.224 e. The number of aryl methyl sites for hydroxylation is 1. The first-order valence-corrected chi connectivity index (χ1v) is 5.35. The number of nitrogens with one attached hydrogen (secondary N) is 1. The Labute approximate surface area is 103 Å². The fourth-order valence-electron chi connectivity index (χ4n) is 1.37. The van der Waals surface area contributed by atoms with E-state index in [9.17, 15) is 4.39 Å². The van der Waals surface area contributed by atoms with Crippen molar-refractivity contribution in [3.63, 3.8) is 0 Å². The van der Waals surface area contributed by atoms with Gasteiger partial charge in [0.2, 0.25) is 5.28 Å². The fraction of sp³-hybridized carbons (Fsp3) is 0.300. The lowest BCUT2D eigenvalue weighted by Gasteiger charge is -2.06. The highest BCUT2D eigenvalue weighted by Crippen LogP contribution is 2.14. The lowest BCUT2D eigenvalue weighted by atomic mass is 10.2. The predicted octanol–water partition coefficient (Wildman–Crippen LogP) is 1.92. The molecule has 5 nitrogen and oxygen atoms in total. The molecule has 0 aliphatic rings. The zero-order valence-electron chi connectivity index (χ0n) is 9.41. The van der Waals surface area contributed by atoms with Crippen molar-refractivity contribution in [2.75, 3.05) is 5.32 Å². The van der Waals surface area contributed by atoms with Crippen LogP contribution in [0.5, 0.6) is 0 Å². The summed E-state index contributed by atoms with van der Waals surface area (Å²) in [4.78, 5) is 7.30. The molecule has 0 amide bonds. The molecule has 2 heterocycles. The Hall–Kier alpha value is -1.69. The van der Waals surface area contributed by atoms with E-state index in [1.54, 1.807) is 10.9 Å². The van der Waals surface area contributed by atoms with Crippen LogP contribution in [-0.4, -0.2) is 19.7 Å². The van der Waals surface area contributed by atoms with Gasteiger partial charge in [-0.05, 0) is 18.5 Å².